The lowest BCUT2D eigenvalue weighted by molar-refractivity contribution is -0.143. The van der Waals surface area contributed by atoms with Crippen LogP contribution in [0, 0.1) is 0 Å². The maximum atomic E-state index is 12.0. The molecule has 0 radical (unpaired) electrons. The second kappa shape index (κ2) is 8.14. The molecule has 0 heterocycles. The highest BCUT2D eigenvalue weighted by molar-refractivity contribution is 6.31. The zero-order valence-corrected chi connectivity index (χ0v) is 15.2. The number of carboxylic acids is 1. The lowest BCUT2D eigenvalue weighted by atomic mass is 10.0. The van der Waals surface area contributed by atoms with Crippen LogP contribution in [-0.2, 0) is 11.3 Å². The van der Waals surface area contributed by atoms with E-state index >= 15 is 0 Å². The molecule has 0 aromatic heterocycles. The van der Waals surface area contributed by atoms with E-state index in [1.54, 1.807) is 56.4 Å². The molecular formula is C19H21ClN2O3. The van der Waals surface area contributed by atoms with Crippen molar-refractivity contribution in [2.45, 2.75) is 12.6 Å². The van der Waals surface area contributed by atoms with Crippen molar-refractivity contribution < 1.29 is 14.7 Å². The molecule has 0 spiro atoms. The van der Waals surface area contributed by atoms with Crippen molar-refractivity contribution in [2.75, 3.05) is 21.1 Å². The van der Waals surface area contributed by atoms with E-state index in [-0.39, 0.29) is 5.91 Å². The van der Waals surface area contributed by atoms with Crippen molar-refractivity contribution in [2.24, 2.45) is 0 Å². The number of halogens is 1. The minimum Gasteiger partial charge on any atom is -0.480 e. The normalized spacial score (nSPS) is 12.0. The van der Waals surface area contributed by atoms with Crippen LogP contribution in [0.5, 0.6) is 0 Å². The summed E-state index contributed by atoms with van der Waals surface area (Å²) in [5.41, 5.74) is 1.99. The van der Waals surface area contributed by atoms with Crippen LogP contribution in [-0.4, -0.2) is 47.9 Å². The second-order valence-electron chi connectivity index (χ2n) is 6.07. The molecule has 1 N–H and O–H groups in total. The summed E-state index contributed by atoms with van der Waals surface area (Å²) in [6.07, 6.45) is 0. The topological polar surface area (TPSA) is 60.9 Å². The van der Waals surface area contributed by atoms with Crippen LogP contribution in [0.1, 0.15) is 27.5 Å². The monoisotopic (exact) mass is 360 g/mol. The molecule has 2 rings (SSSR count). The number of nitrogens with zero attached hydrogens (tertiary/aromatic N) is 2. The van der Waals surface area contributed by atoms with E-state index in [1.807, 2.05) is 18.2 Å². The summed E-state index contributed by atoms with van der Waals surface area (Å²) in [7, 11) is 5.09. The van der Waals surface area contributed by atoms with Crippen molar-refractivity contribution in [3.8, 4) is 0 Å². The summed E-state index contributed by atoms with van der Waals surface area (Å²) in [4.78, 5) is 26.9. The third kappa shape index (κ3) is 4.59. The molecular weight excluding hydrogens is 340 g/mol. The number of rotatable bonds is 6. The summed E-state index contributed by atoms with van der Waals surface area (Å²) in [5, 5.41) is 10.3. The summed E-state index contributed by atoms with van der Waals surface area (Å²) < 4.78 is 0. The Morgan fingerprint density at radius 2 is 1.64 bits per heavy atom. The molecule has 0 bridgehead atoms. The minimum absolute atomic E-state index is 0.122. The third-order valence-electron chi connectivity index (χ3n) is 3.93. The van der Waals surface area contributed by atoms with Crippen LogP contribution < -0.4 is 0 Å². The van der Waals surface area contributed by atoms with E-state index < -0.39 is 12.0 Å². The van der Waals surface area contributed by atoms with Gasteiger partial charge in [-0.1, -0.05) is 41.9 Å². The van der Waals surface area contributed by atoms with E-state index in [9.17, 15) is 14.7 Å². The Hall–Kier alpha value is -2.37. The molecule has 0 saturated heterocycles. The molecule has 1 amide bonds. The quantitative estimate of drug-likeness (QED) is 0.858. The fourth-order valence-corrected chi connectivity index (χ4v) is 2.83. The molecule has 2 aromatic carbocycles. The molecule has 6 heteroatoms. The first-order chi connectivity index (χ1) is 11.8. The molecule has 0 fully saturated rings. The second-order valence-corrected chi connectivity index (χ2v) is 6.48. The maximum Gasteiger partial charge on any atom is 0.325 e. The zero-order valence-electron chi connectivity index (χ0n) is 14.4. The minimum atomic E-state index is -0.957. The van der Waals surface area contributed by atoms with Crippen molar-refractivity contribution in [1.82, 2.24) is 9.80 Å². The molecule has 1 atom stereocenters. The SMILES string of the molecule is CN(C)C(=O)c1ccc([C@@H](C(=O)O)N(C)Cc2ccccc2Cl)cc1. The fraction of sp³-hybridized carbons (Fsp3) is 0.263. The van der Waals surface area contributed by atoms with E-state index in [0.717, 1.165) is 5.56 Å². The number of carbonyl (C=O) groups is 2. The number of hydrogen-bond donors (Lipinski definition) is 1. The van der Waals surface area contributed by atoms with Crippen LogP contribution in [0.2, 0.25) is 5.02 Å². The molecule has 2 aromatic rings. The van der Waals surface area contributed by atoms with Gasteiger partial charge in [0.15, 0.2) is 0 Å². The molecule has 25 heavy (non-hydrogen) atoms. The molecule has 0 aliphatic rings. The lowest BCUT2D eigenvalue weighted by Gasteiger charge is -2.25. The average Bonchev–Trinajstić information content (AvgIpc) is 2.56. The maximum absolute atomic E-state index is 12.0. The van der Waals surface area contributed by atoms with Gasteiger partial charge in [0.05, 0.1) is 0 Å². The smallest absolute Gasteiger partial charge is 0.325 e. The Balaban J connectivity index is 2.24. The number of aliphatic carboxylic acids is 1. The molecule has 0 saturated carbocycles. The van der Waals surface area contributed by atoms with Gasteiger partial charge in [-0.2, -0.15) is 0 Å². The van der Waals surface area contributed by atoms with E-state index in [2.05, 4.69) is 0 Å². The highest BCUT2D eigenvalue weighted by Crippen LogP contribution is 2.25. The Kier molecular flexibility index (Phi) is 6.17. The fourth-order valence-electron chi connectivity index (χ4n) is 2.64. The van der Waals surface area contributed by atoms with Gasteiger partial charge < -0.3 is 10.0 Å². The predicted octanol–water partition coefficient (Wildman–Crippen LogP) is 3.30. The highest BCUT2D eigenvalue weighted by Gasteiger charge is 2.25. The predicted molar refractivity (Wildman–Crippen MR) is 97.8 cm³/mol. The molecule has 0 aliphatic carbocycles. The first kappa shape index (κ1) is 19.0. The Labute approximate surface area is 152 Å². The van der Waals surface area contributed by atoms with Crippen LogP contribution in [0.3, 0.4) is 0 Å². The van der Waals surface area contributed by atoms with Gasteiger partial charge in [0.1, 0.15) is 6.04 Å². The van der Waals surface area contributed by atoms with Gasteiger partial charge in [-0.3, -0.25) is 14.5 Å². The largest absolute Gasteiger partial charge is 0.480 e. The van der Waals surface area contributed by atoms with Crippen LogP contribution in [0.15, 0.2) is 48.5 Å². The van der Waals surface area contributed by atoms with Gasteiger partial charge in [-0.15, -0.1) is 0 Å². The molecule has 0 unspecified atom stereocenters. The number of carboxylic acid groups (broad SMARTS) is 1. The molecule has 0 aliphatic heterocycles. The Morgan fingerprint density at radius 3 is 2.16 bits per heavy atom. The first-order valence-electron chi connectivity index (χ1n) is 7.79. The third-order valence-corrected chi connectivity index (χ3v) is 4.30. The van der Waals surface area contributed by atoms with E-state index in [0.29, 0.717) is 22.7 Å². The highest BCUT2D eigenvalue weighted by atomic mass is 35.5. The van der Waals surface area contributed by atoms with Crippen LogP contribution >= 0.6 is 11.6 Å². The number of carbonyl (C=O) groups excluding carboxylic acids is 1. The standard InChI is InChI=1S/C19H21ClN2O3/c1-21(2)18(23)14-10-8-13(9-11-14)17(19(24)25)22(3)12-15-6-4-5-7-16(15)20/h4-11,17H,12H2,1-3H3,(H,24,25)/t17-/m0/s1. The zero-order chi connectivity index (χ0) is 18.6. The van der Waals surface area contributed by atoms with Crippen molar-refractivity contribution in [3.63, 3.8) is 0 Å². The van der Waals surface area contributed by atoms with Gasteiger partial charge in [0.25, 0.3) is 5.91 Å². The summed E-state index contributed by atoms with van der Waals surface area (Å²) in [5.74, 6) is -1.08. The van der Waals surface area contributed by atoms with Crippen molar-refractivity contribution in [1.29, 1.82) is 0 Å². The van der Waals surface area contributed by atoms with Gasteiger partial charge >= 0.3 is 5.97 Å². The number of likely N-dealkylation sites (N-methyl/N-ethyl adjacent to an activating group) is 1. The van der Waals surface area contributed by atoms with Gasteiger partial charge in [-0.25, -0.2) is 0 Å². The Bertz CT molecular complexity index is 760. The number of amides is 1. The van der Waals surface area contributed by atoms with Crippen molar-refractivity contribution in [3.05, 3.63) is 70.2 Å². The summed E-state index contributed by atoms with van der Waals surface area (Å²) in [6, 6.07) is 13.2. The first-order valence-corrected chi connectivity index (χ1v) is 8.17. The molecule has 132 valence electrons. The lowest BCUT2D eigenvalue weighted by Crippen LogP contribution is -2.30. The van der Waals surface area contributed by atoms with E-state index in [4.69, 9.17) is 11.6 Å². The van der Waals surface area contributed by atoms with E-state index in [1.165, 1.54) is 4.90 Å². The van der Waals surface area contributed by atoms with Crippen molar-refractivity contribution >= 4 is 23.5 Å². The number of hydrogen-bond acceptors (Lipinski definition) is 3. The number of benzene rings is 2. The summed E-state index contributed by atoms with van der Waals surface area (Å²) >= 11 is 6.17. The van der Waals surface area contributed by atoms with Gasteiger partial charge in [-0.05, 0) is 36.4 Å². The average molecular weight is 361 g/mol. The van der Waals surface area contributed by atoms with Gasteiger partial charge in [0.2, 0.25) is 0 Å². The van der Waals surface area contributed by atoms with Gasteiger partial charge in [0, 0.05) is 31.2 Å². The summed E-state index contributed by atoms with van der Waals surface area (Å²) in [6.45, 7) is 0.398. The molecule has 5 nitrogen and oxygen atoms in total. The van der Waals surface area contributed by atoms with Crippen LogP contribution in [0.25, 0.3) is 0 Å². The Morgan fingerprint density at radius 1 is 1.04 bits per heavy atom. The van der Waals surface area contributed by atoms with Crippen LogP contribution in [0.4, 0.5) is 0 Å².